The molecule has 0 N–H and O–H groups in total. The Hall–Kier alpha value is -0.530. The second kappa shape index (κ2) is 3.74. The Labute approximate surface area is 67.0 Å². The third-order valence-corrected chi connectivity index (χ3v) is 2.21. The maximum absolute atomic E-state index is 13.0. The zero-order chi connectivity index (χ0) is 8.27. The van der Waals surface area contributed by atoms with E-state index in [0.717, 1.165) is 31.6 Å². The molecule has 0 aromatic heterocycles. The molecule has 1 fully saturated rings. The highest BCUT2D eigenvalue weighted by molar-refractivity contribution is 5.82. The third kappa shape index (κ3) is 2.21. The number of carbonyl (C=O) groups excluding carboxylic acids is 1. The van der Waals surface area contributed by atoms with Gasteiger partial charge in [-0.15, -0.1) is 0 Å². The number of hydrogen-bond donors (Lipinski definition) is 0. The zero-order valence-electron chi connectivity index (χ0n) is 6.90. The van der Waals surface area contributed by atoms with Crippen LogP contribution in [0.5, 0.6) is 0 Å². The summed E-state index contributed by atoms with van der Waals surface area (Å²) >= 11 is 0. The molecule has 0 aliphatic heterocycles. The fourth-order valence-electron chi connectivity index (χ4n) is 1.55. The number of carbonyl (C=O) groups is 1. The fraction of sp³-hybridized carbons (Fsp3) is 0.778. The van der Waals surface area contributed by atoms with Gasteiger partial charge in [0.25, 0.3) is 6.17 Å². The quantitative estimate of drug-likeness (QED) is 0.563. The summed E-state index contributed by atoms with van der Waals surface area (Å²) in [6, 6.07) is 0. The zero-order valence-corrected chi connectivity index (χ0v) is 6.90. The molecule has 0 bridgehead atoms. The van der Waals surface area contributed by atoms with Crippen LogP contribution in [0.3, 0.4) is 0 Å². The molecule has 62 valence electrons. The van der Waals surface area contributed by atoms with Gasteiger partial charge in [-0.25, -0.2) is 0 Å². The summed E-state index contributed by atoms with van der Waals surface area (Å²) in [5, 5.41) is 0. The Bertz CT molecular complexity index is 138. The van der Waals surface area contributed by atoms with Crippen LogP contribution in [0.1, 0.15) is 39.0 Å². The first-order valence-electron chi connectivity index (χ1n) is 4.21. The molecule has 0 aromatic carbocycles. The Morgan fingerprint density at radius 2 is 1.91 bits per heavy atom. The minimum atomic E-state index is -1.27. The first kappa shape index (κ1) is 8.57. The first-order valence-corrected chi connectivity index (χ1v) is 4.21. The maximum Gasteiger partial charge on any atom is 0.294 e. The van der Waals surface area contributed by atoms with E-state index in [0.29, 0.717) is 0 Å². The normalized spacial score (nSPS) is 21.5. The summed E-state index contributed by atoms with van der Waals surface area (Å²) in [5.41, 5.74) is 0. The minimum absolute atomic E-state index is 0.332. The van der Waals surface area contributed by atoms with Crippen molar-refractivity contribution in [2.75, 3.05) is 0 Å². The largest absolute Gasteiger partial charge is 0.294 e. The van der Waals surface area contributed by atoms with Crippen molar-refractivity contribution in [1.29, 1.82) is 0 Å². The maximum atomic E-state index is 13.0. The van der Waals surface area contributed by atoms with Gasteiger partial charge in [0.1, 0.15) is 5.92 Å². The highest BCUT2D eigenvalue weighted by Gasteiger charge is 2.36. The van der Waals surface area contributed by atoms with Crippen molar-refractivity contribution in [2.24, 2.45) is 0 Å². The molecule has 1 nitrogen and oxygen atoms in total. The van der Waals surface area contributed by atoms with Crippen molar-refractivity contribution in [2.45, 2.75) is 45.2 Å². The standard InChI is InChI=1S/C9H14FO/c1-7(11)9(10)8-5-3-2-4-6-8/h9H,2-6H2,1H3/q+1. The molecule has 1 atom stereocenters. The summed E-state index contributed by atoms with van der Waals surface area (Å²) < 4.78 is 13.0. The van der Waals surface area contributed by atoms with Gasteiger partial charge < -0.3 is 0 Å². The van der Waals surface area contributed by atoms with Gasteiger partial charge >= 0.3 is 0 Å². The van der Waals surface area contributed by atoms with Gasteiger partial charge in [-0.3, -0.25) is 4.79 Å². The van der Waals surface area contributed by atoms with E-state index < -0.39 is 6.17 Å². The van der Waals surface area contributed by atoms with Gasteiger partial charge in [0.15, 0.2) is 0 Å². The van der Waals surface area contributed by atoms with Crippen LogP contribution in [0.15, 0.2) is 0 Å². The SMILES string of the molecule is CC(=O)C(F)[C+]1CCCCC1. The summed E-state index contributed by atoms with van der Waals surface area (Å²) in [6.45, 7) is 1.33. The molecule has 1 unspecified atom stereocenters. The van der Waals surface area contributed by atoms with Crippen LogP contribution in [0, 0.1) is 5.92 Å². The van der Waals surface area contributed by atoms with Crippen molar-refractivity contribution in [1.82, 2.24) is 0 Å². The number of rotatable bonds is 2. The van der Waals surface area contributed by atoms with E-state index in [1.54, 1.807) is 0 Å². The molecule has 1 aliphatic rings. The molecule has 0 saturated heterocycles. The number of alkyl halides is 1. The van der Waals surface area contributed by atoms with Crippen molar-refractivity contribution in [3.05, 3.63) is 5.92 Å². The highest BCUT2D eigenvalue weighted by atomic mass is 19.1. The lowest BCUT2D eigenvalue weighted by Gasteiger charge is -2.13. The smallest absolute Gasteiger partial charge is 0.292 e. The summed E-state index contributed by atoms with van der Waals surface area (Å²) in [4.78, 5) is 10.6. The lowest BCUT2D eigenvalue weighted by molar-refractivity contribution is -0.121. The number of Topliss-reactive ketones (excluding diaryl/α,β-unsaturated/α-hetero) is 1. The Kier molecular flexibility index (Phi) is 2.92. The van der Waals surface area contributed by atoms with Crippen molar-refractivity contribution in [3.8, 4) is 0 Å². The lowest BCUT2D eigenvalue weighted by Crippen LogP contribution is -2.23. The summed E-state index contributed by atoms with van der Waals surface area (Å²) in [7, 11) is 0. The summed E-state index contributed by atoms with van der Waals surface area (Å²) in [5.74, 6) is 0.491. The lowest BCUT2D eigenvalue weighted by atomic mass is 9.85. The number of ketones is 1. The Balaban J connectivity index is 2.38. The van der Waals surface area contributed by atoms with Crippen LogP contribution in [0.2, 0.25) is 0 Å². The second-order valence-electron chi connectivity index (χ2n) is 3.19. The predicted octanol–water partition coefficient (Wildman–Crippen LogP) is 2.45. The van der Waals surface area contributed by atoms with E-state index >= 15 is 0 Å². The highest BCUT2D eigenvalue weighted by Crippen LogP contribution is 2.30. The van der Waals surface area contributed by atoms with Gasteiger partial charge in [0.2, 0.25) is 5.78 Å². The molecule has 2 heteroatoms. The van der Waals surface area contributed by atoms with Gasteiger partial charge in [-0.05, 0) is 19.3 Å². The molecule has 1 aliphatic carbocycles. The van der Waals surface area contributed by atoms with E-state index in [2.05, 4.69) is 0 Å². The van der Waals surface area contributed by atoms with Crippen molar-refractivity contribution >= 4 is 5.78 Å². The molecular formula is C9H14FO+. The van der Waals surface area contributed by atoms with Crippen LogP contribution >= 0.6 is 0 Å². The average molecular weight is 157 g/mol. The van der Waals surface area contributed by atoms with Crippen molar-refractivity contribution < 1.29 is 9.18 Å². The second-order valence-corrected chi connectivity index (χ2v) is 3.19. The van der Waals surface area contributed by atoms with Gasteiger partial charge in [-0.1, -0.05) is 0 Å². The van der Waals surface area contributed by atoms with Crippen molar-refractivity contribution in [3.63, 3.8) is 0 Å². The molecule has 0 aromatic rings. The minimum Gasteiger partial charge on any atom is -0.292 e. The monoisotopic (exact) mass is 157 g/mol. The molecule has 0 amide bonds. The molecule has 1 saturated carbocycles. The molecule has 1 rings (SSSR count). The third-order valence-electron chi connectivity index (χ3n) is 2.21. The predicted molar refractivity (Wildman–Crippen MR) is 41.9 cm³/mol. The van der Waals surface area contributed by atoms with E-state index in [1.807, 2.05) is 0 Å². The van der Waals surface area contributed by atoms with Crippen LogP contribution < -0.4 is 0 Å². The fourth-order valence-corrected chi connectivity index (χ4v) is 1.55. The van der Waals surface area contributed by atoms with Crippen LogP contribution in [0.4, 0.5) is 4.39 Å². The van der Waals surface area contributed by atoms with E-state index in [1.165, 1.54) is 13.3 Å². The van der Waals surface area contributed by atoms with Gasteiger partial charge in [-0.2, -0.15) is 4.39 Å². The van der Waals surface area contributed by atoms with Gasteiger partial charge in [0.05, 0.1) is 12.8 Å². The number of hydrogen-bond acceptors (Lipinski definition) is 1. The topological polar surface area (TPSA) is 17.1 Å². The molecule has 0 heterocycles. The van der Waals surface area contributed by atoms with Gasteiger partial charge in [0, 0.05) is 6.92 Å². The van der Waals surface area contributed by atoms with E-state index in [4.69, 9.17) is 0 Å². The molecule has 11 heavy (non-hydrogen) atoms. The molecular weight excluding hydrogens is 143 g/mol. The van der Waals surface area contributed by atoms with E-state index in [-0.39, 0.29) is 5.78 Å². The van der Waals surface area contributed by atoms with E-state index in [9.17, 15) is 9.18 Å². The van der Waals surface area contributed by atoms with Crippen LogP contribution in [0.25, 0.3) is 0 Å². The molecule has 0 spiro atoms. The first-order chi connectivity index (χ1) is 5.22. The molecule has 0 radical (unpaired) electrons. The van der Waals surface area contributed by atoms with Crippen LogP contribution in [-0.2, 0) is 4.79 Å². The van der Waals surface area contributed by atoms with Crippen LogP contribution in [-0.4, -0.2) is 12.0 Å². The Morgan fingerprint density at radius 1 is 1.36 bits per heavy atom. The summed E-state index contributed by atoms with van der Waals surface area (Å²) in [6.07, 6.45) is 3.68. The number of halogens is 1. The Morgan fingerprint density at radius 3 is 2.36 bits per heavy atom. The average Bonchev–Trinajstić information content (AvgIpc) is 2.05.